The predicted molar refractivity (Wildman–Crippen MR) is 103 cm³/mol. The summed E-state index contributed by atoms with van der Waals surface area (Å²) in [6, 6.07) is 16.5. The first-order chi connectivity index (χ1) is 13.1. The molecule has 1 amide bonds. The minimum atomic E-state index is -0.0425. The van der Waals surface area contributed by atoms with Crippen molar-refractivity contribution in [2.45, 2.75) is 39.2 Å². The molecule has 1 aliphatic heterocycles. The summed E-state index contributed by atoms with van der Waals surface area (Å²) in [5.74, 6) is 1.21. The molecule has 27 heavy (non-hydrogen) atoms. The zero-order valence-corrected chi connectivity index (χ0v) is 15.7. The lowest BCUT2D eigenvalue weighted by atomic mass is 10.1. The Hall–Kier alpha value is -2.95. The lowest BCUT2D eigenvalue weighted by molar-refractivity contribution is -0.128. The zero-order valence-electron chi connectivity index (χ0n) is 15.7. The van der Waals surface area contributed by atoms with Crippen molar-refractivity contribution in [3.63, 3.8) is 0 Å². The summed E-state index contributed by atoms with van der Waals surface area (Å²) in [6.45, 7) is 5.42. The third kappa shape index (κ3) is 3.77. The molecule has 5 heteroatoms. The van der Waals surface area contributed by atoms with Crippen LogP contribution in [0, 0.1) is 6.92 Å². The average molecular weight is 361 g/mol. The van der Waals surface area contributed by atoms with Crippen molar-refractivity contribution in [3.8, 4) is 11.4 Å². The lowest BCUT2D eigenvalue weighted by Crippen LogP contribution is -2.24. The minimum Gasteiger partial charge on any atom is -0.339 e. The van der Waals surface area contributed by atoms with Gasteiger partial charge in [-0.2, -0.15) is 4.98 Å². The fourth-order valence-electron chi connectivity index (χ4n) is 3.41. The van der Waals surface area contributed by atoms with Gasteiger partial charge >= 0.3 is 0 Å². The summed E-state index contributed by atoms with van der Waals surface area (Å²) in [5, 5.41) is 4.10. The number of hydrogen-bond donors (Lipinski definition) is 0. The van der Waals surface area contributed by atoms with E-state index >= 15 is 0 Å². The number of carbonyl (C=O) groups excluding carboxylic acids is 1. The number of rotatable bonds is 5. The molecular formula is C22H23N3O2. The summed E-state index contributed by atoms with van der Waals surface area (Å²) in [7, 11) is 0. The summed E-state index contributed by atoms with van der Waals surface area (Å²) < 4.78 is 5.47. The molecule has 2 aromatic carbocycles. The highest BCUT2D eigenvalue weighted by molar-refractivity contribution is 5.79. The highest BCUT2D eigenvalue weighted by atomic mass is 16.5. The summed E-state index contributed by atoms with van der Waals surface area (Å²) >= 11 is 0. The third-order valence-corrected chi connectivity index (χ3v) is 5.12. The maximum absolute atomic E-state index is 12.4. The van der Waals surface area contributed by atoms with Gasteiger partial charge in [0, 0.05) is 25.1 Å². The van der Waals surface area contributed by atoms with Crippen molar-refractivity contribution in [3.05, 3.63) is 71.1 Å². The summed E-state index contributed by atoms with van der Waals surface area (Å²) in [6.07, 6.45) is 1.44. The van der Waals surface area contributed by atoms with E-state index in [1.807, 2.05) is 36.1 Å². The molecule has 1 saturated heterocycles. The number of carbonyl (C=O) groups is 1. The van der Waals surface area contributed by atoms with E-state index in [9.17, 15) is 4.79 Å². The van der Waals surface area contributed by atoms with E-state index < -0.39 is 0 Å². The van der Waals surface area contributed by atoms with Gasteiger partial charge in [-0.3, -0.25) is 4.79 Å². The van der Waals surface area contributed by atoms with Crippen LogP contribution in [0.2, 0.25) is 0 Å². The van der Waals surface area contributed by atoms with Gasteiger partial charge in [-0.15, -0.1) is 0 Å². The molecule has 0 aliphatic carbocycles. The van der Waals surface area contributed by atoms with Crippen LogP contribution in [0.15, 0.2) is 53.1 Å². The lowest BCUT2D eigenvalue weighted by Gasteiger charge is -2.16. The Morgan fingerprint density at radius 3 is 2.48 bits per heavy atom. The Morgan fingerprint density at radius 2 is 1.78 bits per heavy atom. The SMILES string of the molecule is CCc1ccc(CN2CC(c3nc(-c4ccc(C)cc4)no3)CC2=O)cc1. The van der Waals surface area contributed by atoms with Gasteiger partial charge in [0.15, 0.2) is 0 Å². The molecule has 0 bridgehead atoms. The van der Waals surface area contributed by atoms with E-state index in [4.69, 9.17) is 4.52 Å². The van der Waals surface area contributed by atoms with E-state index in [0.717, 1.165) is 17.5 Å². The topological polar surface area (TPSA) is 59.2 Å². The fourth-order valence-corrected chi connectivity index (χ4v) is 3.41. The monoisotopic (exact) mass is 361 g/mol. The second-order valence-electron chi connectivity index (χ2n) is 7.17. The van der Waals surface area contributed by atoms with Crippen molar-refractivity contribution < 1.29 is 9.32 Å². The second kappa shape index (κ2) is 7.35. The number of benzene rings is 2. The number of likely N-dealkylation sites (tertiary alicyclic amines) is 1. The van der Waals surface area contributed by atoms with Crippen LogP contribution in [-0.2, 0) is 17.8 Å². The highest BCUT2D eigenvalue weighted by Gasteiger charge is 2.34. The Labute approximate surface area is 159 Å². The van der Waals surface area contributed by atoms with Crippen LogP contribution in [0.4, 0.5) is 0 Å². The summed E-state index contributed by atoms with van der Waals surface area (Å²) in [5.41, 5.74) is 4.56. The van der Waals surface area contributed by atoms with Crippen molar-refractivity contribution in [1.82, 2.24) is 15.0 Å². The van der Waals surface area contributed by atoms with Crippen LogP contribution in [-0.4, -0.2) is 27.5 Å². The van der Waals surface area contributed by atoms with E-state index in [2.05, 4.69) is 41.3 Å². The number of aryl methyl sites for hydroxylation is 2. The summed E-state index contributed by atoms with van der Waals surface area (Å²) in [4.78, 5) is 18.8. The van der Waals surface area contributed by atoms with Crippen LogP contribution in [0.25, 0.3) is 11.4 Å². The first-order valence-corrected chi connectivity index (χ1v) is 9.38. The number of nitrogens with zero attached hydrogens (tertiary/aromatic N) is 3. The van der Waals surface area contributed by atoms with Crippen molar-refractivity contribution in [1.29, 1.82) is 0 Å². The van der Waals surface area contributed by atoms with Crippen molar-refractivity contribution in [2.75, 3.05) is 6.54 Å². The quantitative estimate of drug-likeness (QED) is 0.686. The molecule has 5 nitrogen and oxygen atoms in total. The molecule has 1 unspecified atom stereocenters. The van der Waals surface area contributed by atoms with Gasteiger partial charge in [-0.05, 0) is 24.5 Å². The van der Waals surface area contributed by atoms with Gasteiger partial charge in [0.1, 0.15) is 0 Å². The standard InChI is InChI=1S/C22H23N3O2/c1-3-16-6-8-17(9-7-16)13-25-14-19(12-20(25)26)22-23-21(24-27-22)18-10-4-15(2)5-11-18/h4-11,19H,3,12-14H2,1-2H3. The van der Waals surface area contributed by atoms with Gasteiger partial charge < -0.3 is 9.42 Å². The molecule has 1 fully saturated rings. The Morgan fingerprint density at radius 1 is 1.07 bits per heavy atom. The molecule has 1 aliphatic rings. The largest absolute Gasteiger partial charge is 0.339 e. The normalized spacial score (nSPS) is 16.9. The van der Waals surface area contributed by atoms with Crippen molar-refractivity contribution >= 4 is 5.91 Å². The van der Waals surface area contributed by atoms with Crippen LogP contribution >= 0.6 is 0 Å². The molecule has 1 aromatic heterocycles. The first kappa shape index (κ1) is 17.5. The molecule has 0 spiro atoms. The molecular weight excluding hydrogens is 338 g/mol. The van der Waals surface area contributed by atoms with Crippen LogP contribution in [0.5, 0.6) is 0 Å². The van der Waals surface area contributed by atoms with E-state index in [1.54, 1.807) is 0 Å². The van der Waals surface area contributed by atoms with E-state index in [-0.39, 0.29) is 11.8 Å². The van der Waals surface area contributed by atoms with Gasteiger partial charge in [0.25, 0.3) is 0 Å². The Balaban J connectivity index is 1.45. The maximum Gasteiger partial charge on any atom is 0.232 e. The van der Waals surface area contributed by atoms with Gasteiger partial charge in [0.05, 0.1) is 5.92 Å². The van der Waals surface area contributed by atoms with Crippen LogP contribution in [0.3, 0.4) is 0 Å². The molecule has 4 rings (SSSR count). The van der Waals surface area contributed by atoms with E-state index in [0.29, 0.717) is 31.2 Å². The zero-order chi connectivity index (χ0) is 18.8. The van der Waals surface area contributed by atoms with Gasteiger partial charge in [0.2, 0.25) is 17.6 Å². The minimum absolute atomic E-state index is 0.0425. The Kier molecular flexibility index (Phi) is 4.75. The highest BCUT2D eigenvalue weighted by Crippen LogP contribution is 2.29. The first-order valence-electron chi connectivity index (χ1n) is 9.38. The molecule has 138 valence electrons. The van der Waals surface area contributed by atoms with Gasteiger partial charge in [-0.1, -0.05) is 66.2 Å². The van der Waals surface area contributed by atoms with Crippen LogP contribution in [0.1, 0.15) is 41.8 Å². The molecule has 0 saturated carbocycles. The predicted octanol–water partition coefficient (Wildman–Crippen LogP) is 4.12. The molecule has 2 heterocycles. The van der Waals surface area contributed by atoms with Crippen LogP contribution < -0.4 is 0 Å². The molecule has 1 atom stereocenters. The maximum atomic E-state index is 12.4. The third-order valence-electron chi connectivity index (χ3n) is 5.12. The molecule has 3 aromatic rings. The number of hydrogen-bond acceptors (Lipinski definition) is 4. The Bertz CT molecular complexity index is 929. The number of aromatic nitrogens is 2. The average Bonchev–Trinajstić information content (AvgIpc) is 3.30. The fraction of sp³-hybridized carbons (Fsp3) is 0.318. The smallest absolute Gasteiger partial charge is 0.232 e. The van der Waals surface area contributed by atoms with Crippen molar-refractivity contribution in [2.24, 2.45) is 0 Å². The number of amides is 1. The molecule has 0 N–H and O–H groups in total. The second-order valence-corrected chi connectivity index (χ2v) is 7.17. The molecule has 0 radical (unpaired) electrons. The van der Waals surface area contributed by atoms with Gasteiger partial charge in [-0.25, -0.2) is 0 Å². The van der Waals surface area contributed by atoms with E-state index in [1.165, 1.54) is 11.1 Å².